The van der Waals surface area contributed by atoms with Gasteiger partial charge in [0.25, 0.3) is 0 Å². The molecule has 0 unspecified atom stereocenters. The van der Waals surface area contributed by atoms with Gasteiger partial charge in [0, 0.05) is 17.1 Å². The number of rotatable bonds is 1. The number of aromatic nitrogens is 1. The van der Waals surface area contributed by atoms with Crippen molar-refractivity contribution in [2.75, 3.05) is 0 Å². The third-order valence-electron chi connectivity index (χ3n) is 2.00. The Labute approximate surface area is 86.1 Å². The summed E-state index contributed by atoms with van der Waals surface area (Å²) in [5, 5.41) is 9.27. The van der Waals surface area contributed by atoms with Crippen molar-refractivity contribution in [2.45, 2.75) is 6.92 Å². The van der Waals surface area contributed by atoms with Crippen LogP contribution in [0.2, 0.25) is 0 Å². The number of fused-ring (bicyclic) bond motifs is 1. The van der Waals surface area contributed by atoms with Gasteiger partial charge in [-0.05, 0) is 19.1 Å². The van der Waals surface area contributed by atoms with Gasteiger partial charge in [0.15, 0.2) is 0 Å². The van der Waals surface area contributed by atoms with Crippen LogP contribution < -0.4 is 4.74 Å². The van der Waals surface area contributed by atoms with E-state index in [9.17, 15) is 4.79 Å². The van der Waals surface area contributed by atoms with E-state index in [1.165, 1.54) is 0 Å². The van der Waals surface area contributed by atoms with E-state index in [2.05, 4.69) is 9.72 Å². The molecule has 0 fully saturated rings. The Morgan fingerprint density at radius 2 is 2.13 bits per heavy atom. The number of hydrogen-bond donors (Lipinski definition) is 1. The molecule has 2 rings (SSSR count). The molecule has 4 heteroatoms. The third-order valence-corrected chi connectivity index (χ3v) is 2.00. The summed E-state index contributed by atoms with van der Waals surface area (Å²) in [5.41, 5.74) is 1.46. The molecule has 1 N–H and O–H groups in total. The average Bonchev–Trinajstić information content (AvgIpc) is 2.16. The molecule has 1 aromatic carbocycles. The first-order valence-corrected chi connectivity index (χ1v) is 4.44. The van der Waals surface area contributed by atoms with Crippen LogP contribution in [0.4, 0.5) is 4.79 Å². The Morgan fingerprint density at radius 1 is 1.40 bits per heavy atom. The minimum Gasteiger partial charge on any atom is -0.449 e. The predicted molar refractivity (Wildman–Crippen MR) is 55.1 cm³/mol. The lowest BCUT2D eigenvalue weighted by Crippen LogP contribution is -2.04. The summed E-state index contributed by atoms with van der Waals surface area (Å²) in [6.07, 6.45) is -1.31. The van der Waals surface area contributed by atoms with E-state index in [-0.39, 0.29) is 0 Å². The second-order valence-corrected chi connectivity index (χ2v) is 3.15. The highest BCUT2D eigenvalue weighted by Crippen LogP contribution is 2.24. The van der Waals surface area contributed by atoms with Crippen LogP contribution in [0, 0.1) is 6.92 Å². The van der Waals surface area contributed by atoms with E-state index in [1.807, 2.05) is 18.2 Å². The normalized spacial score (nSPS) is 10.2. The molecule has 0 aliphatic heterocycles. The van der Waals surface area contributed by atoms with Gasteiger partial charge in [-0.2, -0.15) is 0 Å². The summed E-state index contributed by atoms with van der Waals surface area (Å²) >= 11 is 0. The number of benzene rings is 1. The van der Waals surface area contributed by atoms with Gasteiger partial charge in [-0.1, -0.05) is 12.1 Å². The van der Waals surface area contributed by atoms with E-state index in [4.69, 9.17) is 5.11 Å². The molecular weight excluding hydrogens is 194 g/mol. The van der Waals surface area contributed by atoms with Crippen LogP contribution in [0.15, 0.2) is 30.3 Å². The fraction of sp³-hybridized carbons (Fsp3) is 0.0909. The van der Waals surface area contributed by atoms with Gasteiger partial charge in [-0.25, -0.2) is 4.79 Å². The molecule has 0 spiro atoms. The summed E-state index contributed by atoms with van der Waals surface area (Å²) in [6.45, 7) is 1.79. The summed E-state index contributed by atoms with van der Waals surface area (Å²) in [5.74, 6) is 0.325. The van der Waals surface area contributed by atoms with Crippen LogP contribution in [-0.2, 0) is 0 Å². The molecular formula is C11H9NO3. The molecule has 0 aliphatic rings. The number of pyridine rings is 1. The number of carboxylic acid groups (broad SMARTS) is 1. The quantitative estimate of drug-likeness (QED) is 0.723. The molecule has 0 bridgehead atoms. The Morgan fingerprint density at radius 3 is 2.87 bits per heavy atom. The summed E-state index contributed by atoms with van der Waals surface area (Å²) in [6, 6.07) is 8.86. The van der Waals surface area contributed by atoms with E-state index in [0.29, 0.717) is 11.1 Å². The largest absolute Gasteiger partial charge is 0.511 e. The lowest BCUT2D eigenvalue weighted by molar-refractivity contribution is 0.145. The zero-order valence-electron chi connectivity index (χ0n) is 8.10. The topological polar surface area (TPSA) is 59.4 Å². The maximum Gasteiger partial charge on any atom is 0.511 e. The first-order valence-electron chi connectivity index (χ1n) is 4.44. The minimum absolute atomic E-state index is 0.325. The minimum atomic E-state index is -1.31. The van der Waals surface area contributed by atoms with Crippen molar-refractivity contribution in [3.05, 3.63) is 36.0 Å². The highest BCUT2D eigenvalue weighted by molar-refractivity contribution is 5.86. The van der Waals surface area contributed by atoms with Gasteiger partial charge in [0.05, 0.1) is 5.52 Å². The van der Waals surface area contributed by atoms with Crippen molar-refractivity contribution in [3.63, 3.8) is 0 Å². The first-order chi connectivity index (χ1) is 7.16. The number of hydrogen-bond acceptors (Lipinski definition) is 3. The zero-order valence-corrected chi connectivity index (χ0v) is 8.10. The number of ether oxygens (including phenoxy) is 1. The molecule has 4 nitrogen and oxygen atoms in total. The van der Waals surface area contributed by atoms with Crippen LogP contribution in [-0.4, -0.2) is 16.2 Å². The Kier molecular flexibility index (Phi) is 2.25. The maximum absolute atomic E-state index is 10.5. The Bertz CT molecular complexity index is 522. The fourth-order valence-electron chi connectivity index (χ4n) is 1.45. The smallest absolute Gasteiger partial charge is 0.449 e. The second kappa shape index (κ2) is 3.57. The van der Waals surface area contributed by atoms with Gasteiger partial charge >= 0.3 is 6.16 Å². The van der Waals surface area contributed by atoms with E-state index in [1.54, 1.807) is 19.1 Å². The van der Waals surface area contributed by atoms with Crippen LogP contribution in [0.1, 0.15) is 5.69 Å². The molecule has 2 aromatic rings. The SMILES string of the molecule is Cc1cc(OC(=O)O)c2ccccc2n1. The van der Waals surface area contributed by atoms with Gasteiger partial charge in [-0.15, -0.1) is 0 Å². The number of para-hydroxylation sites is 1. The van der Waals surface area contributed by atoms with E-state index >= 15 is 0 Å². The summed E-state index contributed by atoms with van der Waals surface area (Å²) in [7, 11) is 0. The van der Waals surface area contributed by atoms with Crippen molar-refractivity contribution in [2.24, 2.45) is 0 Å². The standard InChI is InChI=1S/C11H9NO3/c1-7-6-10(15-11(13)14)8-4-2-3-5-9(8)12-7/h2-6H,1H3,(H,13,14). The van der Waals surface area contributed by atoms with Gasteiger partial charge < -0.3 is 9.84 Å². The number of nitrogens with zero attached hydrogens (tertiary/aromatic N) is 1. The van der Waals surface area contributed by atoms with Crippen molar-refractivity contribution in [1.29, 1.82) is 0 Å². The lowest BCUT2D eigenvalue weighted by atomic mass is 10.2. The monoisotopic (exact) mass is 203 g/mol. The van der Waals surface area contributed by atoms with Crippen LogP contribution in [0.25, 0.3) is 10.9 Å². The van der Waals surface area contributed by atoms with Crippen LogP contribution in [0.3, 0.4) is 0 Å². The molecule has 1 aromatic heterocycles. The molecule has 0 saturated heterocycles. The third kappa shape index (κ3) is 1.88. The van der Waals surface area contributed by atoms with Crippen molar-refractivity contribution in [1.82, 2.24) is 4.98 Å². The lowest BCUT2D eigenvalue weighted by Gasteiger charge is -2.05. The number of aryl methyl sites for hydroxylation is 1. The van der Waals surface area contributed by atoms with Crippen LogP contribution in [0.5, 0.6) is 5.75 Å². The van der Waals surface area contributed by atoms with Crippen molar-refractivity contribution >= 4 is 17.1 Å². The van der Waals surface area contributed by atoms with Crippen LogP contribution >= 0.6 is 0 Å². The Hall–Kier alpha value is -2.10. The van der Waals surface area contributed by atoms with E-state index in [0.717, 1.165) is 11.2 Å². The first kappa shape index (κ1) is 9.45. The van der Waals surface area contributed by atoms with Gasteiger partial charge in [0.2, 0.25) is 0 Å². The Balaban J connectivity index is 2.65. The van der Waals surface area contributed by atoms with Crippen molar-refractivity contribution < 1.29 is 14.6 Å². The van der Waals surface area contributed by atoms with Crippen molar-refractivity contribution in [3.8, 4) is 5.75 Å². The second-order valence-electron chi connectivity index (χ2n) is 3.15. The van der Waals surface area contributed by atoms with E-state index < -0.39 is 6.16 Å². The van der Waals surface area contributed by atoms with Gasteiger partial charge in [-0.3, -0.25) is 4.98 Å². The zero-order chi connectivity index (χ0) is 10.8. The fourth-order valence-corrected chi connectivity index (χ4v) is 1.45. The molecule has 0 atom stereocenters. The summed E-state index contributed by atoms with van der Waals surface area (Å²) < 4.78 is 4.68. The highest BCUT2D eigenvalue weighted by Gasteiger charge is 2.07. The number of carbonyl (C=O) groups is 1. The molecule has 0 aliphatic carbocycles. The molecule has 1 heterocycles. The maximum atomic E-state index is 10.5. The molecule has 0 saturated carbocycles. The molecule has 0 amide bonds. The van der Waals surface area contributed by atoms with Gasteiger partial charge in [0.1, 0.15) is 5.75 Å². The molecule has 76 valence electrons. The highest BCUT2D eigenvalue weighted by atomic mass is 16.7. The molecule has 15 heavy (non-hydrogen) atoms. The predicted octanol–water partition coefficient (Wildman–Crippen LogP) is 2.60. The summed E-state index contributed by atoms with van der Waals surface area (Å²) in [4.78, 5) is 14.8. The average molecular weight is 203 g/mol. The molecule has 0 radical (unpaired) electrons.